The minimum Gasteiger partial charge on any atom is -0.449 e. The minimum absolute atomic E-state index is 0.179. The number of carbonyl (C=O) groups is 2. The molecule has 2 N–H and O–H groups in total. The van der Waals surface area contributed by atoms with E-state index >= 15 is 0 Å². The highest BCUT2D eigenvalue weighted by Gasteiger charge is 2.09. The number of para-hydroxylation sites is 1. The predicted molar refractivity (Wildman–Crippen MR) is 69.2 cm³/mol. The van der Waals surface area contributed by atoms with E-state index in [2.05, 4.69) is 9.47 Å². The molecule has 102 valence electrons. The van der Waals surface area contributed by atoms with Crippen LogP contribution >= 0.6 is 0 Å². The van der Waals surface area contributed by atoms with E-state index in [1.807, 2.05) is 0 Å². The van der Waals surface area contributed by atoms with Crippen LogP contribution in [-0.4, -0.2) is 22.5 Å². The van der Waals surface area contributed by atoms with Crippen molar-refractivity contribution < 1.29 is 29.3 Å². The standard InChI is InChI=1S/C14H10O6/c15-13(16)19-10-7-5-9(6-8-10)11-3-1-2-4-12(11)20-14(17)18/h1-8H,(H,15,16)(H,17,18). The highest BCUT2D eigenvalue weighted by molar-refractivity contribution is 5.74. The van der Waals surface area contributed by atoms with Crippen LogP contribution < -0.4 is 9.47 Å². The summed E-state index contributed by atoms with van der Waals surface area (Å²) >= 11 is 0. The topological polar surface area (TPSA) is 93.1 Å². The van der Waals surface area contributed by atoms with Crippen molar-refractivity contribution >= 4 is 12.3 Å². The molecule has 0 heterocycles. The Balaban J connectivity index is 2.31. The van der Waals surface area contributed by atoms with E-state index < -0.39 is 12.3 Å². The molecule has 6 heteroatoms. The normalized spacial score (nSPS) is 9.80. The highest BCUT2D eigenvalue weighted by atomic mass is 16.7. The molecule has 0 saturated heterocycles. The van der Waals surface area contributed by atoms with Crippen molar-refractivity contribution in [1.29, 1.82) is 0 Å². The van der Waals surface area contributed by atoms with Crippen LogP contribution in [0.2, 0.25) is 0 Å². The second kappa shape index (κ2) is 5.75. The summed E-state index contributed by atoms with van der Waals surface area (Å²) in [7, 11) is 0. The highest BCUT2D eigenvalue weighted by Crippen LogP contribution is 2.31. The number of carboxylic acid groups (broad SMARTS) is 2. The van der Waals surface area contributed by atoms with Crippen LogP contribution in [0.25, 0.3) is 11.1 Å². The molecule has 0 bridgehead atoms. The Labute approximate surface area is 113 Å². The molecule has 0 radical (unpaired) electrons. The fourth-order valence-electron chi connectivity index (χ4n) is 1.69. The summed E-state index contributed by atoms with van der Waals surface area (Å²) in [6.07, 6.45) is -2.80. The molecule has 0 amide bonds. The van der Waals surface area contributed by atoms with Crippen molar-refractivity contribution in [3.63, 3.8) is 0 Å². The van der Waals surface area contributed by atoms with Gasteiger partial charge in [-0.25, -0.2) is 9.59 Å². The van der Waals surface area contributed by atoms with Gasteiger partial charge in [-0.3, -0.25) is 0 Å². The van der Waals surface area contributed by atoms with Gasteiger partial charge in [0, 0.05) is 5.56 Å². The molecule has 0 aliphatic heterocycles. The van der Waals surface area contributed by atoms with Gasteiger partial charge in [-0.05, 0) is 23.8 Å². The summed E-state index contributed by atoms with van der Waals surface area (Å²) in [5, 5.41) is 17.2. The van der Waals surface area contributed by atoms with Crippen molar-refractivity contribution in [3.05, 3.63) is 48.5 Å². The Morgan fingerprint density at radius 3 is 2.00 bits per heavy atom. The van der Waals surface area contributed by atoms with Gasteiger partial charge in [0.15, 0.2) is 0 Å². The fraction of sp³-hybridized carbons (Fsp3) is 0. The zero-order valence-electron chi connectivity index (χ0n) is 10.1. The van der Waals surface area contributed by atoms with Gasteiger partial charge in [0.05, 0.1) is 0 Å². The second-order valence-electron chi connectivity index (χ2n) is 3.76. The number of ether oxygens (including phenoxy) is 2. The lowest BCUT2D eigenvalue weighted by atomic mass is 10.0. The van der Waals surface area contributed by atoms with Gasteiger partial charge in [0.25, 0.3) is 0 Å². The van der Waals surface area contributed by atoms with Crippen LogP contribution in [0.15, 0.2) is 48.5 Å². The third kappa shape index (κ3) is 3.26. The Kier molecular flexibility index (Phi) is 3.85. The van der Waals surface area contributed by atoms with Gasteiger partial charge in [0.1, 0.15) is 11.5 Å². The second-order valence-corrected chi connectivity index (χ2v) is 3.76. The first-order valence-corrected chi connectivity index (χ1v) is 5.57. The third-order valence-electron chi connectivity index (χ3n) is 2.45. The molecule has 0 fully saturated rings. The van der Waals surface area contributed by atoms with E-state index in [0.29, 0.717) is 11.1 Å². The molecule has 2 aromatic rings. The lowest BCUT2D eigenvalue weighted by Gasteiger charge is -2.08. The van der Waals surface area contributed by atoms with Crippen molar-refractivity contribution in [2.75, 3.05) is 0 Å². The van der Waals surface area contributed by atoms with E-state index in [0.717, 1.165) is 0 Å². The van der Waals surface area contributed by atoms with E-state index in [9.17, 15) is 9.59 Å². The smallest absolute Gasteiger partial charge is 0.449 e. The third-order valence-corrected chi connectivity index (χ3v) is 2.45. The zero-order chi connectivity index (χ0) is 14.5. The number of hydrogen-bond acceptors (Lipinski definition) is 4. The van der Waals surface area contributed by atoms with Gasteiger partial charge in [-0.1, -0.05) is 30.3 Å². The lowest BCUT2D eigenvalue weighted by molar-refractivity contribution is 0.143. The van der Waals surface area contributed by atoms with Gasteiger partial charge in [0.2, 0.25) is 0 Å². The van der Waals surface area contributed by atoms with Crippen LogP contribution in [0.5, 0.6) is 11.5 Å². The quantitative estimate of drug-likeness (QED) is 0.657. The molecule has 2 aromatic carbocycles. The maximum atomic E-state index is 10.6. The Bertz CT molecular complexity index is 632. The maximum Gasteiger partial charge on any atom is 0.511 e. The number of hydrogen-bond donors (Lipinski definition) is 2. The molecule has 6 nitrogen and oxygen atoms in total. The summed E-state index contributed by atoms with van der Waals surface area (Å²) < 4.78 is 9.18. The number of benzene rings is 2. The molecule has 0 aromatic heterocycles. The molecule has 0 aliphatic carbocycles. The largest absolute Gasteiger partial charge is 0.511 e. The van der Waals surface area contributed by atoms with E-state index in [-0.39, 0.29) is 11.5 Å². The SMILES string of the molecule is O=C(O)Oc1ccc(-c2ccccc2OC(=O)O)cc1. The lowest BCUT2D eigenvalue weighted by Crippen LogP contribution is -2.04. The molecule has 0 atom stereocenters. The fourth-order valence-corrected chi connectivity index (χ4v) is 1.69. The summed E-state index contributed by atoms with van der Waals surface area (Å²) in [5.74, 6) is 0.379. The Hall–Kier alpha value is -3.02. The van der Waals surface area contributed by atoms with Crippen molar-refractivity contribution in [2.45, 2.75) is 0 Å². The summed E-state index contributed by atoms with van der Waals surface area (Å²) in [4.78, 5) is 21.0. The van der Waals surface area contributed by atoms with Crippen LogP contribution in [-0.2, 0) is 0 Å². The first-order valence-electron chi connectivity index (χ1n) is 5.57. The monoisotopic (exact) mass is 274 g/mol. The van der Waals surface area contributed by atoms with Crippen molar-refractivity contribution in [3.8, 4) is 22.6 Å². The number of rotatable bonds is 3. The Morgan fingerprint density at radius 2 is 1.40 bits per heavy atom. The summed E-state index contributed by atoms with van der Waals surface area (Å²) in [5.41, 5.74) is 1.26. The van der Waals surface area contributed by atoms with Crippen LogP contribution in [0.3, 0.4) is 0 Å². The van der Waals surface area contributed by atoms with E-state index in [4.69, 9.17) is 10.2 Å². The molecular weight excluding hydrogens is 264 g/mol. The zero-order valence-corrected chi connectivity index (χ0v) is 10.1. The van der Waals surface area contributed by atoms with Gasteiger partial charge < -0.3 is 19.7 Å². The van der Waals surface area contributed by atoms with E-state index in [1.165, 1.54) is 18.2 Å². The summed E-state index contributed by atoms with van der Waals surface area (Å²) in [6, 6.07) is 12.8. The average Bonchev–Trinajstić information content (AvgIpc) is 2.39. The molecule has 0 spiro atoms. The van der Waals surface area contributed by atoms with Crippen molar-refractivity contribution in [2.24, 2.45) is 0 Å². The molecular formula is C14H10O6. The van der Waals surface area contributed by atoms with E-state index in [1.54, 1.807) is 30.3 Å². The first kappa shape index (κ1) is 13.4. The molecule has 0 unspecified atom stereocenters. The Morgan fingerprint density at radius 1 is 0.800 bits per heavy atom. The van der Waals surface area contributed by atoms with Gasteiger partial charge in [-0.2, -0.15) is 0 Å². The first-order chi connectivity index (χ1) is 9.56. The minimum atomic E-state index is -1.40. The van der Waals surface area contributed by atoms with Crippen LogP contribution in [0.1, 0.15) is 0 Å². The predicted octanol–water partition coefficient (Wildman–Crippen LogP) is 3.47. The molecule has 20 heavy (non-hydrogen) atoms. The molecule has 0 aliphatic rings. The van der Waals surface area contributed by atoms with Gasteiger partial charge >= 0.3 is 12.3 Å². The molecule has 2 rings (SSSR count). The van der Waals surface area contributed by atoms with Crippen LogP contribution in [0.4, 0.5) is 9.59 Å². The maximum absolute atomic E-state index is 10.6. The average molecular weight is 274 g/mol. The van der Waals surface area contributed by atoms with Crippen molar-refractivity contribution in [1.82, 2.24) is 0 Å². The summed E-state index contributed by atoms with van der Waals surface area (Å²) in [6.45, 7) is 0. The van der Waals surface area contributed by atoms with Crippen LogP contribution in [0, 0.1) is 0 Å². The van der Waals surface area contributed by atoms with Gasteiger partial charge in [-0.15, -0.1) is 0 Å². The molecule has 0 saturated carbocycles.